The minimum absolute atomic E-state index is 0.701. The predicted octanol–water partition coefficient (Wildman–Crippen LogP) is 5.58. The zero-order valence-electron chi connectivity index (χ0n) is 18.7. The van der Waals surface area contributed by atoms with Crippen LogP contribution in [-0.2, 0) is 0 Å². The van der Waals surface area contributed by atoms with Crippen molar-refractivity contribution in [1.29, 1.82) is 0 Å². The van der Waals surface area contributed by atoms with E-state index in [0.29, 0.717) is 6.04 Å². The fraction of sp³-hybridized carbons (Fsp3) is 0.917. The minimum atomic E-state index is 0.701. The van der Waals surface area contributed by atoms with E-state index in [1.165, 1.54) is 25.7 Å². The largest absolute Gasteiger partial charge is 0.295 e. The normalized spacial score (nSPS) is 39.1. The fourth-order valence-corrected chi connectivity index (χ4v) is 6.90. The molecule has 0 aromatic heterocycles. The van der Waals surface area contributed by atoms with Gasteiger partial charge in [-0.1, -0.05) is 39.8 Å². The van der Waals surface area contributed by atoms with Crippen LogP contribution in [0.25, 0.3) is 0 Å². The molecule has 2 saturated heterocycles. The van der Waals surface area contributed by atoms with Gasteiger partial charge in [-0.15, -0.1) is 0 Å². The highest BCUT2D eigenvalue weighted by Crippen LogP contribution is 2.46. The smallest absolute Gasteiger partial charge is 0.0290 e. The molecule has 0 aromatic carbocycles. The average molecular weight is 361 g/mol. The van der Waals surface area contributed by atoms with Gasteiger partial charge in [0.2, 0.25) is 0 Å². The van der Waals surface area contributed by atoms with E-state index < -0.39 is 0 Å². The Balaban J connectivity index is 0.000000151. The van der Waals surface area contributed by atoms with Crippen LogP contribution < -0.4 is 0 Å². The highest BCUT2D eigenvalue weighted by Gasteiger charge is 2.47. The second-order valence-electron chi connectivity index (χ2n) is 10.6. The molecular formula is C24H44N2. The molecule has 2 heteroatoms. The molecule has 0 unspecified atom stereocenters. The molecular weight excluding hydrogens is 316 g/mol. The first-order valence-electron chi connectivity index (χ1n) is 11.5. The van der Waals surface area contributed by atoms with Gasteiger partial charge in [0.25, 0.3) is 0 Å². The van der Waals surface area contributed by atoms with E-state index in [1.54, 1.807) is 0 Å². The van der Waals surface area contributed by atoms with Gasteiger partial charge in [0, 0.05) is 36.3 Å². The van der Waals surface area contributed by atoms with E-state index >= 15 is 0 Å². The molecule has 1 saturated carbocycles. The van der Waals surface area contributed by atoms with Crippen molar-refractivity contribution >= 4 is 0 Å². The third kappa shape index (κ3) is 3.65. The molecule has 4 bridgehead atoms. The van der Waals surface area contributed by atoms with Crippen LogP contribution in [-0.4, -0.2) is 46.1 Å². The molecule has 0 spiro atoms. The van der Waals surface area contributed by atoms with E-state index in [2.05, 4.69) is 77.3 Å². The van der Waals surface area contributed by atoms with Crippen molar-refractivity contribution < 1.29 is 0 Å². The van der Waals surface area contributed by atoms with Crippen molar-refractivity contribution in [2.75, 3.05) is 0 Å². The van der Waals surface area contributed by atoms with Crippen LogP contribution in [0.2, 0.25) is 0 Å². The second-order valence-corrected chi connectivity index (χ2v) is 10.6. The molecule has 0 amide bonds. The third-order valence-corrected chi connectivity index (χ3v) is 7.51. The predicted molar refractivity (Wildman–Crippen MR) is 113 cm³/mol. The van der Waals surface area contributed by atoms with Gasteiger partial charge in [-0.3, -0.25) is 9.80 Å². The standard InChI is InChI=1S/C12H23N.C12H21N/c2*1-8(2)12-10-5-6-11(7-10)13(12)9(3)4/h8-12H,5-7H2,1-4H3;5-6,8-12H,7H2,1-4H3/t2*10-,11+,12+/m00/s1. The molecule has 150 valence electrons. The third-order valence-electron chi connectivity index (χ3n) is 7.51. The van der Waals surface area contributed by atoms with E-state index in [4.69, 9.17) is 0 Å². The van der Waals surface area contributed by atoms with Crippen molar-refractivity contribution in [3.05, 3.63) is 12.2 Å². The summed E-state index contributed by atoms with van der Waals surface area (Å²) >= 11 is 0. The van der Waals surface area contributed by atoms with Crippen molar-refractivity contribution in [2.24, 2.45) is 23.7 Å². The summed E-state index contributed by atoms with van der Waals surface area (Å²) in [5.74, 6) is 3.50. The molecule has 4 aliphatic rings. The van der Waals surface area contributed by atoms with Crippen molar-refractivity contribution in [2.45, 2.75) is 117 Å². The Morgan fingerprint density at radius 3 is 1.77 bits per heavy atom. The Kier molecular flexibility index (Phi) is 6.24. The highest BCUT2D eigenvalue weighted by molar-refractivity contribution is 5.17. The van der Waals surface area contributed by atoms with Gasteiger partial charge in [-0.05, 0) is 77.0 Å². The number of hydrogen-bond acceptors (Lipinski definition) is 2. The summed E-state index contributed by atoms with van der Waals surface area (Å²) < 4.78 is 0. The lowest BCUT2D eigenvalue weighted by molar-refractivity contribution is 0.0732. The Morgan fingerprint density at radius 2 is 1.31 bits per heavy atom. The van der Waals surface area contributed by atoms with Crippen molar-refractivity contribution in [3.63, 3.8) is 0 Å². The van der Waals surface area contributed by atoms with Crippen LogP contribution in [0.5, 0.6) is 0 Å². The second kappa shape index (κ2) is 7.95. The van der Waals surface area contributed by atoms with Crippen LogP contribution in [0.4, 0.5) is 0 Å². The first-order valence-corrected chi connectivity index (χ1v) is 11.5. The molecule has 0 aromatic rings. The molecule has 0 N–H and O–H groups in total. The van der Waals surface area contributed by atoms with E-state index in [1.807, 2.05) is 0 Å². The van der Waals surface area contributed by atoms with Gasteiger partial charge >= 0.3 is 0 Å². The summed E-state index contributed by atoms with van der Waals surface area (Å²) in [5.41, 5.74) is 0. The summed E-state index contributed by atoms with van der Waals surface area (Å²) in [5, 5.41) is 0. The molecule has 2 heterocycles. The highest BCUT2D eigenvalue weighted by atomic mass is 15.3. The summed E-state index contributed by atoms with van der Waals surface area (Å²) in [6, 6.07) is 4.82. The van der Waals surface area contributed by atoms with Crippen LogP contribution in [0.1, 0.15) is 81.1 Å². The van der Waals surface area contributed by atoms with Crippen LogP contribution in [0, 0.1) is 23.7 Å². The van der Waals surface area contributed by atoms with Crippen LogP contribution in [0.3, 0.4) is 0 Å². The van der Waals surface area contributed by atoms with Gasteiger partial charge in [0.15, 0.2) is 0 Å². The van der Waals surface area contributed by atoms with Gasteiger partial charge in [-0.2, -0.15) is 0 Å². The molecule has 2 nitrogen and oxygen atoms in total. The Morgan fingerprint density at radius 1 is 0.692 bits per heavy atom. The quantitative estimate of drug-likeness (QED) is 0.604. The maximum Gasteiger partial charge on any atom is 0.0290 e. The Labute approximate surface area is 163 Å². The van der Waals surface area contributed by atoms with E-state index in [0.717, 1.165) is 53.9 Å². The number of fused-ring (bicyclic) bond motifs is 4. The van der Waals surface area contributed by atoms with Gasteiger partial charge in [-0.25, -0.2) is 0 Å². The summed E-state index contributed by atoms with van der Waals surface area (Å²) in [7, 11) is 0. The fourth-order valence-electron chi connectivity index (χ4n) is 6.90. The summed E-state index contributed by atoms with van der Waals surface area (Å²) in [4.78, 5) is 5.49. The SMILES string of the molecule is CC(C)[C@@H]1[C@H]2C=C[C@H](C2)N1C(C)C.CC(C)[C@@H]1[C@H]2CC[C@H](C2)N1C(C)C. The summed E-state index contributed by atoms with van der Waals surface area (Å²) in [6.45, 7) is 18.9. The van der Waals surface area contributed by atoms with Gasteiger partial charge < -0.3 is 0 Å². The first kappa shape index (κ1) is 20.4. The van der Waals surface area contributed by atoms with Crippen molar-refractivity contribution in [3.8, 4) is 0 Å². The molecule has 6 atom stereocenters. The lowest BCUT2D eigenvalue weighted by Gasteiger charge is -2.40. The first-order chi connectivity index (χ1) is 12.2. The lowest BCUT2D eigenvalue weighted by Crippen LogP contribution is -2.47. The topological polar surface area (TPSA) is 6.48 Å². The number of likely N-dealkylation sites (tertiary alicyclic amines) is 2. The Bertz CT molecular complexity index is 450. The molecule has 2 aliphatic carbocycles. The van der Waals surface area contributed by atoms with Crippen molar-refractivity contribution in [1.82, 2.24) is 9.80 Å². The maximum absolute atomic E-state index is 2.79. The number of piperidine rings is 1. The average Bonchev–Trinajstić information content (AvgIpc) is 3.32. The molecule has 4 rings (SSSR count). The zero-order chi connectivity index (χ0) is 19.2. The Hall–Kier alpha value is -0.340. The van der Waals surface area contributed by atoms with Gasteiger partial charge in [0.1, 0.15) is 0 Å². The zero-order valence-corrected chi connectivity index (χ0v) is 18.7. The van der Waals surface area contributed by atoms with Crippen LogP contribution in [0.15, 0.2) is 12.2 Å². The maximum atomic E-state index is 2.79. The molecule has 2 aliphatic heterocycles. The number of nitrogens with zero attached hydrogens (tertiary/aromatic N) is 2. The number of rotatable bonds is 4. The summed E-state index contributed by atoms with van der Waals surface area (Å²) in [6.07, 6.45) is 10.7. The molecule has 3 fully saturated rings. The molecule has 0 radical (unpaired) electrons. The lowest BCUT2D eigenvalue weighted by atomic mass is 9.89. The minimum Gasteiger partial charge on any atom is -0.295 e. The van der Waals surface area contributed by atoms with E-state index in [9.17, 15) is 0 Å². The van der Waals surface area contributed by atoms with E-state index in [-0.39, 0.29) is 0 Å². The van der Waals surface area contributed by atoms with Crippen LogP contribution >= 0.6 is 0 Å². The monoisotopic (exact) mass is 360 g/mol. The van der Waals surface area contributed by atoms with Gasteiger partial charge in [0.05, 0.1) is 0 Å². The molecule has 26 heavy (non-hydrogen) atoms. The number of hydrogen-bond donors (Lipinski definition) is 0.